The molecule has 1 N–H and O–H groups in total. The molecule has 0 saturated carbocycles. The Kier molecular flexibility index (Phi) is 34.1. The van der Waals surface area contributed by atoms with Crippen molar-refractivity contribution >= 4 is 11.9 Å². The van der Waals surface area contributed by atoms with E-state index in [-0.39, 0.29) is 12.8 Å². The van der Waals surface area contributed by atoms with E-state index in [4.69, 9.17) is 9.96 Å². The molecule has 274 valence electrons. The summed E-state index contributed by atoms with van der Waals surface area (Å²) < 4.78 is 27.0. The summed E-state index contributed by atoms with van der Waals surface area (Å²) in [5, 5.41) is 0. The average molecular weight is 691 g/mol. The number of unbranched alkanes of at least 4 members (excludes halogenated alkanes) is 28. The van der Waals surface area contributed by atoms with Gasteiger partial charge in [0.1, 0.15) is 0 Å². The second-order valence-electron chi connectivity index (χ2n) is 14.0. The van der Waals surface area contributed by atoms with Crippen LogP contribution in [0.5, 0.6) is 0 Å². The number of carbonyl (C=O) groups is 2. The van der Waals surface area contributed by atoms with E-state index in [1.165, 1.54) is 154 Å². The fourth-order valence-electron chi connectivity index (χ4n) is 6.04. The second kappa shape index (κ2) is 34.4. The van der Waals surface area contributed by atoms with Gasteiger partial charge in [-0.2, -0.15) is 0 Å². The van der Waals surface area contributed by atoms with Gasteiger partial charge < -0.3 is 0 Å². The maximum absolute atomic E-state index is 12.5. The summed E-state index contributed by atoms with van der Waals surface area (Å²) in [7, 11) is 0. The molecule has 0 aliphatic carbocycles. The van der Waals surface area contributed by atoms with Crippen molar-refractivity contribution in [3.05, 3.63) is 0 Å². The first kappa shape index (κ1) is 45.6. The predicted molar refractivity (Wildman–Crippen MR) is 190 cm³/mol. The van der Waals surface area contributed by atoms with Crippen LogP contribution in [-0.4, -0.2) is 21.7 Å². The van der Waals surface area contributed by atoms with Gasteiger partial charge in [-0.3, -0.25) is 0 Å². The number of hydrogen-bond acceptors (Lipinski definition) is 6. The summed E-state index contributed by atoms with van der Waals surface area (Å²) in [5.41, 5.74) is 0. The standard InChI is InChI=1S/2C18H36O2.C3H7O.H2O.Ti/c2*1-2-3-4-5-6-7-8-9-10-11-12-13-14-15-16-17-18(19)20;1-3(2)4;;/h2*2-17H2,1H3,(H,19,20);3H,1-2H3;1H2;/q;;-1;;+4/p-3. The van der Waals surface area contributed by atoms with E-state index in [0.717, 1.165) is 25.7 Å². The molecule has 0 aromatic rings. The van der Waals surface area contributed by atoms with E-state index in [1.54, 1.807) is 13.8 Å². The topological polar surface area (TPSA) is 82.1 Å². The van der Waals surface area contributed by atoms with Crippen LogP contribution in [0.2, 0.25) is 0 Å². The molecule has 0 saturated heterocycles. The Hall–Kier alpha value is -0.426. The SMILES string of the molecule is CCCCCCCCCCCCCCCCCC(=O)[O][Ti]([OH])([O]C(=O)CCCCCCCCCCCCCCCCC)[O]C(C)C. The van der Waals surface area contributed by atoms with Crippen LogP contribution in [0.4, 0.5) is 0 Å². The zero-order chi connectivity index (χ0) is 34.0. The van der Waals surface area contributed by atoms with E-state index in [0.29, 0.717) is 12.8 Å². The van der Waals surface area contributed by atoms with E-state index >= 15 is 0 Å². The molecule has 0 atom stereocenters. The van der Waals surface area contributed by atoms with Crippen molar-refractivity contribution in [1.29, 1.82) is 0 Å². The van der Waals surface area contributed by atoms with E-state index in [2.05, 4.69) is 13.8 Å². The van der Waals surface area contributed by atoms with Gasteiger partial charge in [-0.1, -0.05) is 90.9 Å². The number of hydrogen-bond donors (Lipinski definition) is 1. The van der Waals surface area contributed by atoms with Crippen molar-refractivity contribution in [1.82, 2.24) is 0 Å². The van der Waals surface area contributed by atoms with Gasteiger partial charge in [0.05, 0.1) is 0 Å². The van der Waals surface area contributed by atoms with Gasteiger partial charge in [0.2, 0.25) is 0 Å². The Morgan fingerprint density at radius 1 is 0.435 bits per heavy atom. The molecule has 0 aromatic heterocycles. The molecule has 0 amide bonds. The quantitative estimate of drug-likeness (QED) is 0.0520. The van der Waals surface area contributed by atoms with Crippen molar-refractivity contribution in [2.45, 2.75) is 239 Å². The van der Waals surface area contributed by atoms with Crippen molar-refractivity contribution in [2.75, 3.05) is 0 Å². The van der Waals surface area contributed by atoms with E-state index in [9.17, 15) is 13.3 Å². The van der Waals surface area contributed by atoms with Crippen LogP contribution in [0.1, 0.15) is 233 Å². The fraction of sp³-hybridized carbons (Fsp3) is 0.949. The molecule has 0 rings (SSSR count). The molecule has 0 aliphatic rings. The second-order valence-corrected chi connectivity index (χ2v) is 16.7. The average Bonchev–Trinajstić information content (AvgIpc) is 3.00. The molecule has 0 fully saturated rings. The van der Waals surface area contributed by atoms with Crippen molar-refractivity contribution in [2.24, 2.45) is 0 Å². The fourth-order valence-corrected chi connectivity index (χ4v) is 8.40. The summed E-state index contributed by atoms with van der Waals surface area (Å²) >= 11 is -4.95. The zero-order valence-electron chi connectivity index (χ0n) is 31.2. The molecule has 0 heterocycles. The maximum atomic E-state index is 12.5. The van der Waals surface area contributed by atoms with Crippen molar-refractivity contribution < 1.29 is 41.4 Å². The van der Waals surface area contributed by atoms with E-state index in [1.807, 2.05) is 0 Å². The first-order valence-corrected chi connectivity index (χ1v) is 22.8. The van der Waals surface area contributed by atoms with Crippen molar-refractivity contribution in [3.63, 3.8) is 0 Å². The Bertz CT molecular complexity index is 623. The van der Waals surface area contributed by atoms with Crippen LogP contribution in [0.3, 0.4) is 0 Å². The first-order valence-electron chi connectivity index (χ1n) is 20.2. The number of rotatable bonds is 36. The minimum absolute atomic E-state index is 0.212. The molecule has 0 aromatic carbocycles. The van der Waals surface area contributed by atoms with Crippen molar-refractivity contribution in [3.8, 4) is 0 Å². The van der Waals surface area contributed by atoms with Gasteiger partial charge >= 0.3 is 202 Å². The molecule has 0 unspecified atom stereocenters. The van der Waals surface area contributed by atoms with Gasteiger partial charge in [0, 0.05) is 0 Å². The summed E-state index contributed by atoms with van der Waals surface area (Å²) in [4.78, 5) is 24.9. The Morgan fingerprint density at radius 2 is 0.652 bits per heavy atom. The third-order valence-electron chi connectivity index (χ3n) is 8.84. The van der Waals surface area contributed by atoms with Gasteiger partial charge in [0.15, 0.2) is 0 Å². The first-order chi connectivity index (χ1) is 22.3. The number of carbonyl (C=O) groups excluding carboxylic acids is 2. The van der Waals surface area contributed by atoms with Crippen LogP contribution < -0.4 is 0 Å². The van der Waals surface area contributed by atoms with Crippen LogP contribution in [0, 0.1) is 0 Å². The monoisotopic (exact) mass is 691 g/mol. The summed E-state index contributed by atoms with van der Waals surface area (Å²) in [5.74, 6) is -1.06. The molecule has 46 heavy (non-hydrogen) atoms. The molecule has 0 bridgehead atoms. The third kappa shape index (κ3) is 33.5. The van der Waals surface area contributed by atoms with Gasteiger partial charge in [-0.05, 0) is 0 Å². The van der Waals surface area contributed by atoms with Crippen LogP contribution in [-0.2, 0) is 37.7 Å². The Morgan fingerprint density at radius 3 is 0.870 bits per heavy atom. The Balaban J connectivity index is 3.85. The molecule has 0 spiro atoms. The van der Waals surface area contributed by atoms with Gasteiger partial charge in [0.25, 0.3) is 0 Å². The molecule has 0 aliphatic heterocycles. The molecule has 7 heteroatoms. The molecular weight excluding hydrogens is 612 g/mol. The third-order valence-corrected chi connectivity index (χ3v) is 11.6. The molecule has 0 radical (unpaired) electrons. The van der Waals surface area contributed by atoms with Gasteiger partial charge in [-0.15, -0.1) is 0 Å². The van der Waals surface area contributed by atoms with Crippen LogP contribution >= 0.6 is 0 Å². The Labute approximate surface area is 291 Å². The summed E-state index contributed by atoms with van der Waals surface area (Å²) in [6.07, 6.45) is 37.8. The van der Waals surface area contributed by atoms with Gasteiger partial charge in [-0.25, -0.2) is 0 Å². The molecule has 6 nitrogen and oxygen atoms in total. The van der Waals surface area contributed by atoms with Crippen LogP contribution in [0.15, 0.2) is 0 Å². The predicted octanol–water partition coefficient (Wildman–Crippen LogP) is 12.8. The molecular formula is C39H78O6Ti. The zero-order valence-corrected chi connectivity index (χ0v) is 32.8. The normalized spacial score (nSPS) is 11.8. The summed E-state index contributed by atoms with van der Waals surface area (Å²) in [6, 6.07) is 0. The summed E-state index contributed by atoms with van der Waals surface area (Å²) in [6.45, 7) is 8.01. The van der Waals surface area contributed by atoms with E-state index < -0.39 is 36.2 Å². The van der Waals surface area contributed by atoms with Crippen LogP contribution in [0.25, 0.3) is 0 Å². The minimum atomic E-state index is -4.95.